The number of carboxylic acid groups (broad SMARTS) is 1. The topological polar surface area (TPSA) is 101 Å². The van der Waals surface area contributed by atoms with Crippen LogP contribution in [0.1, 0.15) is 24.1 Å². The van der Waals surface area contributed by atoms with Crippen LogP contribution in [-0.4, -0.2) is 37.7 Å². The van der Waals surface area contributed by atoms with E-state index in [2.05, 4.69) is 0 Å². The largest absolute Gasteiger partial charge is 0.481 e. The number of rotatable bonds is 8. The first-order valence-corrected chi connectivity index (χ1v) is 10.7. The number of non-ortho nitro benzene ring substituents is 1. The minimum Gasteiger partial charge on any atom is -0.481 e. The normalized spacial score (nSPS) is 15.3. The lowest BCUT2D eigenvalue weighted by molar-refractivity contribution is -0.384. The molecule has 0 spiro atoms. The molecule has 3 rings (SSSR count). The minimum absolute atomic E-state index is 0.0289. The number of thioether (sulfide) groups is 1. The molecule has 0 radical (unpaired) electrons. The Hall–Kier alpha value is -2.56. The Morgan fingerprint density at radius 1 is 1.28 bits per heavy atom. The minimum atomic E-state index is -0.854. The molecule has 1 amide bonds. The Bertz CT molecular complexity index is 1010. The number of nitro benzene ring substituents is 1. The SMILES string of the molecule is O=C(O)CCCCN1C(=O)C(=Cc2ccc(-c3cccc([N+](=O)[O-])c3)s2)SC1=S. The monoisotopic (exact) mass is 448 g/mol. The zero-order valence-corrected chi connectivity index (χ0v) is 17.5. The van der Waals surface area contributed by atoms with Crippen molar-refractivity contribution >= 4 is 63.3 Å². The molecule has 0 atom stereocenters. The molecular weight excluding hydrogens is 432 g/mol. The summed E-state index contributed by atoms with van der Waals surface area (Å²) >= 11 is 7.94. The van der Waals surface area contributed by atoms with Crippen LogP contribution in [0, 0.1) is 10.1 Å². The Kier molecular flexibility index (Phi) is 6.78. The van der Waals surface area contributed by atoms with Gasteiger partial charge in [-0.1, -0.05) is 36.1 Å². The zero-order valence-electron chi connectivity index (χ0n) is 15.1. The summed E-state index contributed by atoms with van der Waals surface area (Å²) in [6.45, 7) is 0.401. The molecule has 1 saturated heterocycles. The van der Waals surface area contributed by atoms with Gasteiger partial charge < -0.3 is 5.11 Å². The Morgan fingerprint density at radius 2 is 2.07 bits per heavy atom. The lowest BCUT2D eigenvalue weighted by Gasteiger charge is -2.13. The fraction of sp³-hybridized carbons (Fsp3) is 0.211. The van der Waals surface area contributed by atoms with Gasteiger partial charge in [0, 0.05) is 34.9 Å². The van der Waals surface area contributed by atoms with Crippen LogP contribution < -0.4 is 0 Å². The van der Waals surface area contributed by atoms with E-state index in [4.69, 9.17) is 17.3 Å². The second kappa shape index (κ2) is 9.29. The quantitative estimate of drug-likeness (QED) is 0.204. The summed E-state index contributed by atoms with van der Waals surface area (Å²) in [7, 11) is 0. The molecule has 1 aliphatic heterocycles. The molecule has 0 saturated carbocycles. The molecule has 1 aromatic carbocycles. The van der Waals surface area contributed by atoms with E-state index in [1.54, 1.807) is 18.2 Å². The van der Waals surface area contributed by atoms with E-state index in [1.807, 2.05) is 12.1 Å². The Balaban J connectivity index is 1.70. The Labute approximate surface area is 180 Å². The molecule has 0 bridgehead atoms. The van der Waals surface area contributed by atoms with Crippen LogP contribution in [-0.2, 0) is 9.59 Å². The molecule has 7 nitrogen and oxygen atoms in total. The van der Waals surface area contributed by atoms with Crippen LogP contribution in [0.25, 0.3) is 16.5 Å². The van der Waals surface area contributed by atoms with Gasteiger partial charge in [-0.15, -0.1) is 11.3 Å². The maximum Gasteiger partial charge on any atom is 0.303 e. The highest BCUT2D eigenvalue weighted by atomic mass is 32.2. The van der Waals surface area contributed by atoms with Gasteiger partial charge in [0.05, 0.1) is 9.83 Å². The average Bonchev–Trinajstić information content (AvgIpc) is 3.25. The number of amides is 1. The van der Waals surface area contributed by atoms with Crippen molar-refractivity contribution in [2.24, 2.45) is 0 Å². The molecule has 29 heavy (non-hydrogen) atoms. The number of unbranched alkanes of at least 4 members (excludes halogenated alkanes) is 1. The summed E-state index contributed by atoms with van der Waals surface area (Å²) < 4.78 is 0.465. The van der Waals surface area contributed by atoms with Crippen molar-refractivity contribution in [3.8, 4) is 10.4 Å². The first-order valence-electron chi connectivity index (χ1n) is 8.67. The van der Waals surface area contributed by atoms with Gasteiger partial charge in [0.1, 0.15) is 4.32 Å². The van der Waals surface area contributed by atoms with E-state index in [1.165, 1.54) is 40.1 Å². The summed E-state index contributed by atoms with van der Waals surface area (Å²) in [5.41, 5.74) is 0.774. The summed E-state index contributed by atoms with van der Waals surface area (Å²) in [5.74, 6) is -1.03. The number of carbonyl (C=O) groups is 2. The first kappa shape index (κ1) is 21.2. The number of carboxylic acids is 1. The Morgan fingerprint density at radius 3 is 2.79 bits per heavy atom. The van der Waals surface area contributed by atoms with Crippen LogP contribution >= 0.6 is 35.3 Å². The van der Waals surface area contributed by atoms with Gasteiger partial charge in [-0.25, -0.2) is 0 Å². The van der Waals surface area contributed by atoms with Crippen LogP contribution in [0.4, 0.5) is 5.69 Å². The smallest absolute Gasteiger partial charge is 0.303 e. The number of nitro groups is 1. The number of benzene rings is 1. The van der Waals surface area contributed by atoms with Crippen molar-refractivity contribution < 1.29 is 19.6 Å². The standard InChI is InChI=1S/C19H16N2O5S3/c22-17(23)6-1-2-9-20-18(24)16(29-19(20)27)11-14-7-8-15(28-14)12-4-3-5-13(10-12)21(25)26/h3-5,7-8,10-11H,1-2,6,9H2,(H,22,23). The van der Waals surface area contributed by atoms with Gasteiger partial charge >= 0.3 is 5.97 Å². The number of thiophene rings is 1. The molecule has 1 aromatic heterocycles. The first-order chi connectivity index (χ1) is 13.8. The molecule has 2 aromatic rings. The molecule has 1 fully saturated rings. The van der Waals surface area contributed by atoms with Gasteiger partial charge in [0.25, 0.3) is 11.6 Å². The number of aliphatic carboxylic acids is 1. The van der Waals surface area contributed by atoms with E-state index in [0.29, 0.717) is 28.6 Å². The number of hydrogen-bond donors (Lipinski definition) is 1. The van der Waals surface area contributed by atoms with Gasteiger partial charge in [-0.05, 0) is 36.6 Å². The molecular formula is C19H16N2O5S3. The third kappa shape index (κ3) is 5.28. The molecule has 0 unspecified atom stereocenters. The van der Waals surface area contributed by atoms with Crippen LogP contribution in [0.5, 0.6) is 0 Å². The number of nitrogens with zero attached hydrogens (tertiary/aromatic N) is 2. The maximum absolute atomic E-state index is 12.6. The van der Waals surface area contributed by atoms with Crippen LogP contribution in [0.3, 0.4) is 0 Å². The summed E-state index contributed by atoms with van der Waals surface area (Å²) in [6, 6.07) is 10.1. The van der Waals surface area contributed by atoms with Crippen molar-refractivity contribution in [2.45, 2.75) is 19.3 Å². The van der Waals surface area contributed by atoms with Crippen molar-refractivity contribution in [3.63, 3.8) is 0 Å². The second-order valence-corrected chi connectivity index (χ2v) is 8.98. The van der Waals surface area contributed by atoms with E-state index in [0.717, 1.165) is 15.3 Å². The highest BCUT2D eigenvalue weighted by Gasteiger charge is 2.31. The molecule has 10 heteroatoms. The third-order valence-electron chi connectivity index (χ3n) is 4.14. The summed E-state index contributed by atoms with van der Waals surface area (Å²) in [4.78, 5) is 37.4. The fourth-order valence-corrected chi connectivity index (χ4v) is 5.05. The number of hydrogen-bond acceptors (Lipinski definition) is 7. The van der Waals surface area contributed by atoms with E-state index in [9.17, 15) is 19.7 Å². The lowest BCUT2D eigenvalue weighted by Crippen LogP contribution is -2.29. The lowest BCUT2D eigenvalue weighted by atomic mass is 10.2. The van der Waals surface area contributed by atoms with Crippen molar-refractivity contribution in [3.05, 3.63) is 56.3 Å². The average molecular weight is 449 g/mol. The van der Waals surface area contributed by atoms with E-state index >= 15 is 0 Å². The van der Waals surface area contributed by atoms with Crippen LogP contribution in [0.2, 0.25) is 0 Å². The van der Waals surface area contributed by atoms with Crippen molar-refractivity contribution in [1.82, 2.24) is 4.90 Å². The van der Waals surface area contributed by atoms with Gasteiger partial charge in [0.15, 0.2) is 0 Å². The maximum atomic E-state index is 12.6. The van der Waals surface area contributed by atoms with E-state index in [-0.39, 0.29) is 18.0 Å². The summed E-state index contributed by atoms with van der Waals surface area (Å²) in [6.07, 6.45) is 2.90. The molecule has 150 valence electrons. The van der Waals surface area contributed by atoms with E-state index < -0.39 is 10.9 Å². The van der Waals surface area contributed by atoms with Crippen molar-refractivity contribution in [2.75, 3.05) is 6.54 Å². The molecule has 1 aliphatic rings. The van der Waals surface area contributed by atoms with Crippen LogP contribution in [0.15, 0.2) is 41.3 Å². The van der Waals surface area contributed by atoms with Gasteiger partial charge in [-0.3, -0.25) is 24.6 Å². The highest BCUT2D eigenvalue weighted by molar-refractivity contribution is 8.26. The van der Waals surface area contributed by atoms with Gasteiger partial charge in [-0.2, -0.15) is 0 Å². The third-order valence-corrected chi connectivity index (χ3v) is 6.60. The highest BCUT2D eigenvalue weighted by Crippen LogP contribution is 2.36. The predicted molar refractivity (Wildman–Crippen MR) is 118 cm³/mol. The zero-order chi connectivity index (χ0) is 21.0. The number of carbonyl (C=O) groups excluding carboxylic acids is 1. The van der Waals surface area contributed by atoms with Gasteiger partial charge in [0.2, 0.25) is 0 Å². The number of thiocarbonyl (C=S) groups is 1. The summed E-state index contributed by atoms with van der Waals surface area (Å²) in [5, 5.41) is 19.6. The predicted octanol–water partition coefficient (Wildman–Crippen LogP) is 4.78. The second-order valence-electron chi connectivity index (χ2n) is 6.19. The fourth-order valence-electron chi connectivity index (χ4n) is 2.73. The van der Waals surface area contributed by atoms with Crippen molar-refractivity contribution in [1.29, 1.82) is 0 Å². The molecule has 2 heterocycles. The molecule has 1 N–H and O–H groups in total. The molecule has 0 aliphatic carbocycles.